The molecule has 0 unspecified atom stereocenters. The van der Waals surface area contributed by atoms with E-state index in [4.69, 9.17) is 0 Å². The van der Waals surface area contributed by atoms with Gasteiger partial charge in [-0.3, -0.25) is 9.59 Å². The molecule has 2 aromatic rings. The number of nitrogens with zero attached hydrogens (tertiary/aromatic N) is 1. The number of fused-ring (bicyclic) bond motifs is 1. The summed E-state index contributed by atoms with van der Waals surface area (Å²) < 4.78 is 13.0. The Morgan fingerprint density at radius 2 is 1.92 bits per heavy atom. The molecule has 0 aliphatic carbocycles. The van der Waals surface area contributed by atoms with Gasteiger partial charge in [-0.05, 0) is 29.7 Å². The van der Waals surface area contributed by atoms with Gasteiger partial charge in [0.05, 0.1) is 0 Å². The Balaban J connectivity index is 1.51. The Bertz CT molecular complexity index is 827. The molecule has 4 nitrogen and oxygen atoms in total. The minimum atomic E-state index is -0.476. The van der Waals surface area contributed by atoms with Crippen molar-refractivity contribution in [3.63, 3.8) is 0 Å². The molecule has 26 heavy (non-hydrogen) atoms. The van der Waals surface area contributed by atoms with Gasteiger partial charge in [-0.15, -0.1) is 11.8 Å². The first-order chi connectivity index (χ1) is 12.6. The minimum absolute atomic E-state index is 0.0285. The maximum absolute atomic E-state index is 13.0. The summed E-state index contributed by atoms with van der Waals surface area (Å²) in [6.07, 6.45) is 1.19. The largest absolute Gasteiger partial charge is 0.350 e. The molecular weight excluding hydrogens is 351 g/mol. The number of halogens is 1. The first kappa shape index (κ1) is 17.1. The van der Waals surface area contributed by atoms with Crippen LogP contribution in [0.5, 0.6) is 0 Å². The summed E-state index contributed by atoms with van der Waals surface area (Å²) >= 11 is 1.67. The first-order valence-corrected chi connectivity index (χ1v) is 9.62. The number of hydrogen-bond donors (Lipinski definition) is 1. The van der Waals surface area contributed by atoms with Crippen molar-refractivity contribution >= 4 is 23.6 Å². The van der Waals surface area contributed by atoms with Crippen LogP contribution in [0.15, 0.2) is 54.6 Å². The van der Waals surface area contributed by atoms with Crippen LogP contribution in [0.1, 0.15) is 24.0 Å². The van der Waals surface area contributed by atoms with Crippen molar-refractivity contribution in [2.75, 3.05) is 5.75 Å². The van der Waals surface area contributed by atoms with Crippen molar-refractivity contribution in [2.45, 2.75) is 30.3 Å². The summed E-state index contributed by atoms with van der Waals surface area (Å²) in [5.41, 5.74) is 1.90. The predicted molar refractivity (Wildman–Crippen MR) is 98.7 cm³/mol. The standard InChI is InChI=1S/C20H19FN2O2S/c21-16-8-6-14(7-9-16)12-22-19(25)17-13-26-20(11-10-18(24)23(17)20)15-4-2-1-3-5-15/h1-9,17H,10-13H2,(H,22,25)/t17-,20-/m0/s1. The molecule has 2 aliphatic heterocycles. The average Bonchev–Trinajstić information content (AvgIpc) is 3.21. The highest BCUT2D eigenvalue weighted by atomic mass is 32.2. The zero-order valence-corrected chi connectivity index (χ0v) is 15.0. The third kappa shape index (κ3) is 2.88. The minimum Gasteiger partial charge on any atom is -0.350 e. The van der Waals surface area contributed by atoms with Gasteiger partial charge < -0.3 is 10.2 Å². The van der Waals surface area contributed by atoms with Crippen LogP contribution in [0.25, 0.3) is 0 Å². The van der Waals surface area contributed by atoms with Gasteiger partial charge in [0.2, 0.25) is 11.8 Å². The molecule has 0 spiro atoms. The van der Waals surface area contributed by atoms with Crippen molar-refractivity contribution in [1.82, 2.24) is 10.2 Å². The van der Waals surface area contributed by atoms with E-state index in [-0.39, 0.29) is 17.6 Å². The van der Waals surface area contributed by atoms with E-state index in [0.29, 0.717) is 18.7 Å². The lowest BCUT2D eigenvalue weighted by Crippen LogP contribution is -2.49. The zero-order chi connectivity index (χ0) is 18.1. The Morgan fingerprint density at radius 1 is 1.19 bits per heavy atom. The van der Waals surface area contributed by atoms with Crippen LogP contribution in [0.2, 0.25) is 0 Å². The van der Waals surface area contributed by atoms with E-state index >= 15 is 0 Å². The summed E-state index contributed by atoms with van der Waals surface area (Å²) in [6.45, 7) is 0.320. The maximum atomic E-state index is 13.0. The number of benzene rings is 2. The molecule has 2 atom stereocenters. The number of rotatable bonds is 4. The van der Waals surface area contributed by atoms with E-state index in [0.717, 1.165) is 17.5 Å². The maximum Gasteiger partial charge on any atom is 0.244 e. The molecule has 4 rings (SSSR count). The summed E-state index contributed by atoms with van der Waals surface area (Å²) in [7, 11) is 0. The van der Waals surface area contributed by atoms with Crippen molar-refractivity contribution in [3.8, 4) is 0 Å². The van der Waals surface area contributed by atoms with Gasteiger partial charge >= 0.3 is 0 Å². The number of nitrogens with one attached hydrogen (secondary N) is 1. The number of thioether (sulfide) groups is 1. The van der Waals surface area contributed by atoms with E-state index in [9.17, 15) is 14.0 Å². The number of carbonyl (C=O) groups is 2. The van der Waals surface area contributed by atoms with Crippen molar-refractivity contribution in [3.05, 3.63) is 71.5 Å². The highest BCUT2D eigenvalue weighted by Crippen LogP contribution is 2.54. The smallest absolute Gasteiger partial charge is 0.244 e. The van der Waals surface area contributed by atoms with Gasteiger partial charge in [0.15, 0.2) is 0 Å². The van der Waals surface area contributed by atoms with Gasteiger partial charge in [-0.2, -0.15) is 0 Å². The monoisotopic (exact) mass is 370 g/mol. The fourth-order valence-corrected chi connectivity index (χ4v) is 5.40. The van der Waals surface area contributed by atoms with E-state index < -0.39 is 10.9 Å². The molecule has 0 saturated carbocycles. The van der Waals surface area contributed by atoms with Crippen LogP contribution in [0, 0.1) is 5.82 Å². The first-order valence-electron chi connectivity index (χ1n) is 8.64. The van der Waals surface area contributed by atoms with Gasteiger partial charge in [-0.1, -0.05) is 42.5 Å². The molecule has 2 fully saturated rings. The van der Waals surface area contributed by atoms with E-state index in [1.54, 1.807) is 28.8 Å². The summed E-state index contributed by atoms with van der Waals surface area (Å²) in [4.78, 5) is 26.6. The zero-order valence-electron chi connectivity index (χ0n) is 14.2. The molecule has 134 valence electrons. The van der Waals surface area contributed by atoms with Crippen LogP contribution in [0.4, 0.5) is 4.39 Å². The SMILES string of the molecule is O=C(NCc1ccc(F)cc1)[C@@H]1CS[C@]2(c3ccccc3)CCC(=O)N12. The third-order valence-corrected chi connectivity index (χ3v) is 6.63. The van der Waals surface area contributed by atoms with Gasteiger partial charge in [0, 0.05) is 18.7 Å². The summed E-state index contributed by atoms with van der Waals surface area (Å²) in [5, 5.41) is 2.89. The number of amides is 2. The van der Waals surface area contributed by atoms with Crippen molar-refractivity contribution in [1.29, 1.82) is 0 Å². The summed E-state index contributed by atoms with van der Waals surface area (Å²) in [5.74, 6) is 0.147. The second-order valence-corrected chi connectivity index (χ2v) is 7.88. The molecule has 6 heteroatoms. The Morgan fingerprint density at radius 3 is 2.65 bits per heavy atom. The molecule has 0 bridgehead atoms. The van der Waals surface area contributed by atoms with Crippen molar-refractivity contribution in [2.24, 2.45) is 0 Å². The Hall–Kier alpha value is -2.34. The van der Waals surface area contributed by atoms with Crippen LogP contribution >= 0.6 is 11.8 Å². The van der Waals surface area contributed by atoms with Crippen molar-refractivity contribution < 1.29 is 14.0 Å². The molecule has 2 aromatic carbocycles. The summed E-state index contributed by atoms with van der Waals surface area (Å²) in [6, 6.07) is 15.5. The molecule has 1 N–H and O–H groups in total. The lowest BCUT2D eigenvalue weighted by Gasteiger charge is -2.34. The van der Waals surface area contributed by atoms with Gasteiger partial charge in [-0.25, -0.2) is 4.39 Å². The van der Waals surface area contributed by atoms with Gasteiger partial charge in [0.1, 0.15) is 16.7 Å². The van der Waals surface area contributed by atoms with E-state index in [1.165, 1.54) is 12.1 Å². The normalized spacial score (nSPS) is 24.6. The highest BCUT2D eigenvalue weighted by Gasteiger charge is 2.56. The molecule has 0 radical (unpaired) electrons. The molecule has 2 amide bonds. The number of hydrogen-bond acceptors (Lipinski definition) is 3. The third-order valence-electron chi connectivity index (χ3n) is 5.03. The fraction of sp³-hybridized carbons (Fsp3) is 0.300. The molecule has 2 saturated heterocycles. The van der Waals surface area contributed by atoms with Crippen LogP contribution in [-0.4, -0.2) is 28.5 Å². The molecule has 2 heterocycles. The van der Waals surface area contributed by atoms with Crippen LogP contribution < -0.4 is 5.32 Å². The second kappa shape index (κ2) is 6.76. The fourth-order valence-electron chi connectivity index (χ4n) is 3.74. The van der Waals surface area contributed by atoms with E-state index in [2.05, 4.69) is 5.32 Å². The average molecular weight is 370 g/mol. The lowest BCUT2D eigenvalue weighted by atomic mass is 10.0. The van der Waals surface area contributed by atoms with E-state index in [1.807, 2.05) is 30.3 Å². The predicted octanol–water partition coefficient (Wildman–Crippen LogP) is 3.03. The Labute approximate surface area is 155 Å². The highest BCUT2D eigenvalue weighted by molar-refractivity contribution is 8.00. The topological polar surface area (TPSA) is 49.4 Å². The second-order valence-electron chi connectivity index (χ2n) is 6.59. The van der Waals surface area contributed by atoms with Crippen LogP contribution in [0.3, 0.4) is 0 Å². The number of carbonyl (C=O) groups excluding carboxylic acids is 2. The Kier molecular flexibility index (Phi) is 4.44. The molecule has 2 aliphatic rings. The molecular formula is C20H19FN2O2S. The quantitative estimate of drug-likeness (QED) is 0.900. The molecule has 0 aromatic heterocycles. The lowest BCUT2D eigenvalue weighted by molar-refractivity contribution is -0.138. The van der Waals surface area contributed by atoms with Crippen LogP contribution in [-0.2, 0) is 21.0 Å². The van der Waals surface area contributed by atoms with Gasteiger partial charge in [0.25, 0.3) is 0 Å².